The molecule has 3 rings (SSSR count). The first kappa shape index (κ1) is 19.5. The molecule has 0 saturated carbocycles. The average Bonchev–Trinajstić information content (AvgIpc) is 2.94. The molecular weight excluding hydrogens is 436 g/mol. The SMILES string of the molecule is CCC1CCc2nc(NC(=O)CS(=O)(=O)Cc3cccc(Br)c3)sc2C1. The Morgan fingerprint density at radius 3 is 2.96 bits per heavy atom. The van der Waals surface area contributed by atoms with E-state index < -0.39 is 21.5 Å². The van der Waals surface area contributed by atoms with Gasteiger partial charge in [0.05, 0.1) is 11.4 Å². The summed E-state index contributed by atoms with van der Waals surface area (Å²) in [4.78, 5) is 17.9. The van der Waals surface area contributed by atoms with Crippen molar-refractivity contribution in [1.82, 2.24) is 4.98 Å². The van der Waals surface area contributed by atoms with Gasteiger partial charge >= 0.3 is 0 Å². The molecule has 1 N–H and O–H groups in total. The highest BCUT2D eigenvalue weighted by Gasteiger charge is 2.23. The molecule has 1 aliphatic rings. The number of aromatic nitrogens is 1. The lowest BCUT2D eigenvalue weighted by Crippen LogP contribution is -2.23. The van der Waals surface area contributed by atoms with Gasteiger partial charge in [-0.1, -0.05) is 41.4 Å². The zero-order valence-electron chi connectivity index (χ0n) is 14.5. The number of hydrogen-bond acceptors (Lipinski definition) is 5. The van der Waals surface area contributed by atoms with Gasteiger partial charge in [-0.25, -0.2) is 13.4 Å². The van der Waals surface area contributed by atoms with Crippen molar-refractivity contribution in [1.29, 1.82) is 0 Å². The van der Waals surface area contributed by atoms with Crippen molar-refractivity contribution in [3.05, 3.63) is 44.9 Å². The standard InChI is InChI=1S/C18H21BrN2O3S2/c1-2-12-6-7-15-16(9-12)25-18(20-15)21-17(22)11-26(23,24)10-13-4-3-5-14(19)8-13/h3-5,8,12H,2,6-7,9-11H2,1H3,(H,20,21,22). The summed E-state index contributed by atoms with van der Waals surface area (Å²) in [7, 11) is -3.54. The van der Waals surface area contributed by atoms with Crippen molar-refractivity contribution in [3.63, 3.8) is 0 Å². The molecule has 0 fully saturated rings. The minimum Gasteiger partial charge on any atom is -0.301 e. The van der Waals surface area contributed by atoms with Crippen LogP contribution in [0.1, 0.15) is 35.9 Å². The number of carbonyl (C=O) groups is 1. The van der Waals surface area contributed by atoms with E-state index in [0.717, 1.165) is 35.8 Å². The van der Waals surface area contributed by atoms with Gasteiger partial charge in [0, 0.05) is 9.35 Å². The summed E-state index contributed by atoms with van der Waals surface area (Å²) >= 11 is 4.79. The number of benzene rings is 1. The Morgan fingerprint density at radius 1 is 1.42 bits per heavy atom. The Morgan fingerprint density at radius 2 is 2.23 bits per heavy atom. The average molecular weight is 457 g/mol. The van der Waals surface area contributed by atoms with E-state index in [1.807, 2.05) is 6.07 Å². The maximum absolute atomic E-state index is 12.3. The van der Waals surface area contributed by atoms with Gasteiger partial charge in [-0.15, -0.1) is 11.3 Å². The van der Waals surface area contributed by atoms with Gasteiger partial charge in [-0.3, -0.25) is 4.79 Å². The van der Waals surface area contributed by atoms with Gasteiger partial charge in [0.15, 0.2) is 15.0 Å². The van der Waals surface area contributed by atoms with Crippen molar-refractivity contribution >= 4 is 48.1 Å². The van der Waals surface area contributed by atoms with E-state index in [-0.39, 0.29) is 5.75 Å². The van der Waals surface area contributed by atoms with Crippen molar-refractivity contribution < 1.29 is 13.2 Å². The highest BCUT2D eigenvalue weighted by atomic mass is 79.9. The molecule has 0 saturated heterocycles. The summed E-state index contributed by atoms with van der Waals surface area (Å²) in [5.41, 5.74) is 1.70. The highest BCUT2D eigenvalue weighted by molar-refractivity contribution is 9.10. The summed E-state index contributed by atoms with van der Waals surface area (Å²) in [5.74, 6) is -0.552. The molecule has 0 radical (unpaired) electrons. The minimum absolute atomic E-state index is 0.160. The van der Waals surface area contributed by atoms with Crippen LogP contribution >= 0.6 is 27.3 Å². The van der Waals surface area contributed by atoms with Crippen LogP contribution in [-0.2, 0) is 33.2 Å². The molecule has 0 spiro atoms. The Balaban J connectivity index is 1.61. The molecule has 5 nitrogen and oxygen atoms in total. The first-order valence-corrected chi connectivity index (χ1v) is 12.0. The molecule has 1 aromatic heterocycles. The predicted molar refractivity (Wildman–Crippen MR) is 108 cm³/mol. The van der Waals surface area contributed by atoms with Gasteiger partial charge in [-0.05, 0) is 42.9 Å². The number of halogens is 1. The van der Waals surface area contributed by atoms with Crippen molar-refractivity contribution in [3.8, 4) is 0 Å². The topological polar surface area (TPSA) is 76.1 Å². The third-order valence-corrected chi connectivity index (χ3v) is 7.50. The van der Waals surface area contributed by atoms with Crippen molar-refractivity contribution in [2.45, 2.75) is 38.4 Å². The molecule has 0 aliphatic heterocycles. The van der Waals surface area contributed by atoms with E-state index in [1.165, 1.54) is 16.2 Å². The Kier molecular flexibility index (Phi) is 6.14. The number of rotatable bonds is 6. The number of amides is 1. The molecule has 1 aliphatic carbocycles. The van der Waals surface area contributed by atoms with Crippen LogP contribution in [0.3, 0.4) is 0 Å². The van der Waals surface area contributed by atoms with E-state index in [0.29, 0.717) is 16.6 Å². The largest absolute Gasteiger partial charge is 0.301 e. The van der Waals surface area contributed by atoms with E-state index >= 15 is 0 Å². The lowest BCUT2D eigenvalue weighted by atomic mass is 9.89. The normalized spacial score (nSPS) is 16.9. The summed E-state index contributed by atoms with van der Waals surface area (Å²) in [6.07, 6.45) is 4.20. The van der Waals surface area contributed by atoms with Crippen LogP contribution in [0.2, 0.25) is 0 Å². The Hall–Kier alpha value is -1.25. The van der Waals surface area contributed by atoms with Crippen LogP contribution in [0.25, 0.3) is 0 Å². The molecule has 0 bridgehead atoms. The summed E-state index contributed by atoms with van der Waals surface area (Å²) in [6, 6.07) is 7.09. The fourth-order valence-electron chi connectivity index (χ4n) is 3.13. The number of thiazole rings is 1. The van der Waals surface area contributed by atoms with Crippen molar-refractivity contribution in [2.75, 3.05) is 11.1 Å². The van der Waals surface area contributed by atoms with E-state index in [9.17, 15) is 13.2 Å². The highest BCUT2D eigenvalue weighted by Crippen LogP contribution is 2.33. The Labute approximate surface area is 166 Å². The number of hydrogen-bond donors (Lipinski definition) is 1. The maximum Gasteiger partial charge on any atom is 0.241 e. The summed E-state index contributed by atoms with van der Waals surface area (Å²) < 4.78 is 25.4. The molecule has 26 heavy (non-hydrogen) atoms. The second-order valence-electron chi connectivity index (χ2n) is 6.62. The second-order valence-corrected chi connectivity index (χ2v) is 10.7. The Bertz CT molecular complexity index is 909. The summed E-state index contributed by atoms with van der Waals surface area (Å²) in [6.45, 7) is 2.19. The van der Waals surface area contributed by atoms with Gasteiger partial charge in [0.25, 0.3) is 0 Å². The van der Waals surface area contributed by atoms with Crippen LogP contribution < -0.4 is 5.32 Å². The quantitative estimate of drug-likeness (QED) is 0.712. The fraction of sp³-hybridized carbons (Fsp3) is 0.444. The number of aryl methyl sites for hydroxylation is 1. The zero-order chi connectivity index (χ0) is 18.7. The number of nitrogens with zero attached hydrogens (tertiary/aromatic N) is 1. The van der Waals surface area contributed by atoms with Gasteiger partial charge < -0.3 is 5.32 Å². The predicted octanol–water partition coefficient (Wildman–Crippen LogP) is 3.97. The molecule has 1 heterocycles. The molecular formula is C18H21BrN2O3S2. The molecule has 8 heteroatoms. The lowest BCUT2D eigenvalue weighted by molar-refractivity contribution is -0.113. The maximum atomic E-state index is 12.3. The number of nitrogens with one attached hydrogen (secondary N) is 1. The van der Waals surface area contributed by atoms with E-state index in [4.69, 9.17) is 0 Å². The first-order valence-electron chi connectivity index (χ1n) is 8.58. The third kappa shape index (κ3) is 5.14. The molecule has 2 aromatic rings. The summed E-state index contributed by atoms with van der Waals surface area (Å²) in [5, 5.41) is 3.17. The number of fused-ring (bicyclic) bond motifs is 1. The molecule has 1 unspecified atom stereocenters. The first-order chi connectivity index (χ1) is 12.3. The number of carbonyl (C=O) groups excluding carboxylic acids is 1. The van der Waals surface area contributed by atoms with Crippen LogP contribution in [0.15, 0.2) is 28.7 Å². The van der Waals surface area contributed by atoms with Crippen LogP contribution in [-0.4, -0.2) is 25.1 Å². The van der Waals surface area contributed by atoms with Crippen LogP contribution in [0, 0.1) is 5.92 Å². The minimum atomic E-state index is -3.54. The van der Waals surface area contributed by atoms with E-state index in [1.54, 1.807) is 18.2 Å². The fourth-order valence-corrected chi connectivity index (χ4v) is 5.98. The van der Waals surface area contributed by atoms with Gasteiger partial charge in [0.1, 0.15) is 5.75 Å². The van der Waals surface area contributed by atoms with Crippen molar-refractivity contribution in [2.24, 2.45) is 5.92 Å². The smallest absolute Gasteiger partial charge is 0.241 e. The number of sulfone groups is 1. The van der Waals surface area contributed by atoms with Gasteiger partial charge in [-0.2, -0.15) is 0 Å². The van der Waals surface area contributed by atoms with Crippen LogP contribution in [0.4, 0.5) is 5.13 Å². The molecule has 140 valence electrons. The second kappa shape index (κ2) is 8.19. The molecule has 1 amide bonds. The zero-order valence-corrected chi connectivity index (χ0v) is 17.7. The van der Waals surface area contributed by atoms with Crippen LogP contribution in [0.5, 0.6) is 0 Å². The third-order valence-electron chi connectivity index (χ3n) is 4.49. The molecule has 1 atom stereocenters. The van der Waals surface area contributed by atoms with E-state index in [2.05, 4.69) is 33.2 Å². The van der Waals surface area contributed by atoms with Gasteiger partial charge in [0.2, 0.25) is 5.91 Å². The number of anilines is 1. The molecule has 1 aromatic carbocycles. The monoisotopic (exact) mass is 456 g/mol. The lowest BCUT2D eigenvalue weighted by Gasteiger charge is -2.18.